The van der Waals surface area contributed by atoms with Gasteiger partial charge in [0.1, 0.15) is 0 Å². The maximum Gasteiger partial charge on any atom is 0.230 e. The molecule has 1 N–H and O–H groups in total. The lowest BCUT2D eigenvalue weighted by Crippen LogP contribution is -2.26. The largest absolute Gasteiger partial charge is 0.339 e. The van der Waals surface area contributed by atoms with Crippen molar-refractivity contribution in [2.24, 2.45) is 0 Å². The van der Waals surface area contributed by atoms with Gasteiger partial charge >= 0.3 is 0 Å². The third kappa shape index (κ3) is 2.40. The molecule has 1 fully saturated rings. The van der Waals surface area contributed by atoms with Crippen LogP contribution in [0.4, 0.5) is 13.2 Å². The zero-order valence-electron chi connectivity index (χ0n) is 10.5. The molecule has 1 saturated heterocycles. The summed E-state index contributed by atoms with van der Waals surface area (Å²) in [6.45, 7) is 1.73. The Morgan fingerprint density at radius 2 is 1.75 bits per heavy atom. The lowest BCUT2D eigenvalue weighted by Gasteiger charge is -2.18. The maximum atomic E-state index is 13.2. The molecule has 1 aliphatic rings. The summed E-state index contributed by atoms with van der Waals surface area (Å²) in [5.74, 6) is -3.38. The van der Waals surface area contributed by atoms with Crippen molar-refractivity contribution in [3.63, 3.8) is 0 Å². The number of piperidine rings is 1. The van der Waals surface area contributed by atoms with Crippen molar-refractivity contribution in [2.45, 2.75) is 18.8 Å². The zero-order valence-corrected chi connectivity index (χ0v) is 10.5. The Balaban J connectivity index is 1.89. The SMILES string of the molecule is Fc1cc(-c2noc(C3CCNCC3)n2)cc(F)c1F. The molecule has 0 atom stereocenters. The minimum absolute atomic E-state index is 0.0605. The van der Waals surface area contributed by atoms with Crippen molar-refractivity contribution in [3.05, 3.63) is 35.5 Å². The number of nitrogens with one attached hydrogen (secondary N) is 1. The monoisotopic (exact) mass is 283 g/mol. The molecule has 106 valence electrons. The van der Waals surface area contributed by atoms with Gasteiger partial charge in [0, 0.05) is 11.5 Å². The molecule has 2 heterocycles. The van der Waals surface area contributed by atoms with Crippen molar-refractivity contribution >= 4 is 0 Å². The summed E-state index contributed by atoms with van der Waals surface area (Å²) in [6.07, 6.45) is 1.74. The van der Waals surface area contributed by atoms with Crippen LogP contribution in [0.1, 0.15) is 24.7 Å². The van der Waals surface area contributed by atoms with Crippen LogP contribution in [0.5, 0.6) is 0 Å². The molecule has 0 aliphatic carbocycles. The molecule has 0 saturated carbocycles. The van der Waals surface area contributed by atoms with Crippen molar-refractivity contribution in [1.29, 1.82) is 0 Å². The van der Waals surface area contributed by atoms with Gasteiger partial charge in [-0.05, 0) is 38.1 Å². The topological polar surface area (TPSA) is 51.0 Å². The first-order chi connectivity index (χ1) is 9.65. The van der Waals surface area contributed by atoms with E-state index >= 15 is 0 Å². The summed E-state index contributed by atoms with van der Waals surface area (Å²) in [5.41, 5.74) is 0.0605. The molecule has 4 nitrogen and oxygen atoms in total. The van der Waals surface area contributed by atoms with Crippen LogP contribution >= 0.6 is 0 Å². The third-order valence-electron chi connectivity index (χ3n) is 3.37. The molecule has 1 aliphatic heterocycles. The highest BCUT2D eigenvalue weighted by molar-refractivity contribution is 5.54. The molecular weight excluding hydrogens is 271 g/mol. The van der Waals surface area contributed by atoms with Crippen LogP contribution in [-0.4, -0.2) is 23.2 Å². The fraction of sp³-hybridized carbons (Fsp3) is 0.385. The van der Waals surface area contributed by atoms with Gasteiger partial charge in [0.2, 0.25) is 11.7 Å². The van der Waals surface area contributed by atoms with Crippen LogP contribution in [0.2, 0.25) is 0 Å². The molecule has 1 aromatic carbocycles. The van der Waals surface area contributed by atoms with E-state index in [0.717, 1.165) is 38.1 Å². The van der Waals surface area contributed by atoms with E-state index in [2.05, 4.69) is 15.5 Å². The number of halogens is 3. The van der Waals surface area contributed by atoms with Crippen LogP contribution in [0.15, 0.2) is 16.7 Å². The van der Waals surface area contributed by atoms with Crippen molar-refractivity contribution in [1.82, 2.24) is 15.5 Å². The Hall–Kier alpha value is -1.89. The fourth-order valence-corrected chi connectivity index (χ4v) is 2.27. The number of rotatable bonds is 2. The summed E-state index contributed by atoms with van der Waals surface area (Å²) >= 11 is 0. The molecule has 0 spiro atoms. The van der Waals surface area contributed by atoms with Crippen LogP contribution in [0.3, 0.4) is 0 Å². The summed E-state index contributed by atoms with van der Waals surface area (Å²) in [6, 6.07) is 1.71. The van der Waals surface area contributed by atoms with E-state index in [0.29, 0.717) is 5.89 Å². The molecule has 0 unspecified atom stereocenters. The number of benzene rings is 1. The molecule has 2 aromatic rings. The summed E-state index contributed by atoms with van der Waals surface area (Å²) in [5, 5.41) is 6.92. The predicted octanol–water partition coefficient (Wildman–Crippen LogP) is 2.62. The average Bonchev–Trinajstić information content (AvgIpc) is 2.95. The van der Waals surface area contributed by atoms with Gasteiger partial charge in [-0.25, -0.2) is 13.2 Å². The Morgan fingerprint density at radius 3 is 2.40 bits per heavy atom. The van der Waals surface area contributed by atoms with E-state index in [9.17, 15) is 13.2 Å². The molecule has 0 radical (unpaired) electrons. The fourth-order valence-electron chi connectivity index (χ4n) is 2.27. The van der Waals surface area contributed by atoms with E-state index in [1.807, 2.05) is 0 Å². The quantitative estimate of drug-likeness (QED) is 0.861. The number of hydrogen-bond donors (Lipinski definition) is 1. The smallest absolute Gasteiger partial charge is 0.230 e. The van der Waals surface area contributed by atoms with Crippen molar-refractivity contribution in [3.8, 4) is 11.4 Å². The van der Waals surface area contributed by atoms with Gasteiger partial charge in [-0.15, -0.1) is 0 Å². The van der Waals surface area contributed by atoms with Gasteiger partial charge in [0.05, 0.1) is 0 Å². The van der Waals surface area contributed by atoms with Gasteiger partial charge in [-0.1, -0.05) is 5.16 Å². The highest BCUT2D eigenvalue weighted by Gasteiger charge is 2.22. The highest BCUT2D eigenvalue weighted by Crippen LogP contribution is 2.27. The van der Waals surface area contributed by atoms with Crippen LogP contribution < -0.4 is 5.32 Å². The van der Waals surface area contributed by atoms with Gasteiger partial charge < -0.3 is 9.84 Å². The zero-order chi connectivity index (χ0) is 14.1. The van der Waals surface area contributed by atoms with Gasteiger partial charge in [-0.3, -0.25) is 0 Å². The van der Waals surface area contributed by atoms with E-state index < -0.39 is 17.5 Å². The lowest BCUT2D eigenvalue weighted by molar-refractivity contribution is 0.320. The maximum absolute atomic E-state index is 13.2. The Labute approximate surface area is 113 Å². The van der Waals surface area contributed by atoms with Crippen molar-refractivity contribution in [2.75, 3.05) is 13.1 Å². The Bertz CT molecular complexity index is 600. The molecule has 1 aromatic heterocycles. The molecule has 7 heteroatoms. The van der Waals surface area contributed by atoms with Gasteiger partial charge in [0.15, 0.2) is 17.5 Å². The molecule has 3 rings (SSSR count). The number of hydrogen-bond acceptors (Lipinski definition) is 4. The molecule has 20 heavy (non-hydrogen) atoms. The Kier molecular flexibility index (Phi) is 3.43. The minimum Gasteiger partial charge on any atom is -0.339 e. The standard InChI is InChI=1S/C13H12F3N3O/c14-9-5-8(6-10(15)11(9)16)12-18-13(20-19-12)7-1-3-17-4-2-7/h5-7,17H,1-4H2. The number of nitrogens with zero attached hydrogens (tertiary/aromatic N) is 2. The average molecular weight is 283 g/mol. The predicted molar refractivity (Wildman–Crippen MR) is 64.5 cm³/mol. The van der Waals surface area contributed by atoms with Crippen LogP contribution in [0, 0.1) is 17.5 Å². The van der Waals surface area contributed by atoms with Crippen molar-refractivity contribution < 1.29 is 17.7 Å². The first-order valence-electron chi connectivity index (χ1n) is 6.34. The first kappa shape index (κ1) is 13.1. The van der Waals surface area contributed by atoms with E-state index in [1.54, 1.807) is 0 Å². The Morgan fingerprint density at radius 1 is 1.10 bits per heavy atom. The second-order valence-corrected chi connectivity index (χ2v) is 4.73. The summed E-state index contributed by atoms with van der Waals surface area (Å²) in [4.78, 5) is 4.15. The third-order valence-corrected chi connectivity index (χ3v) is 3.37. The van der Waals surface area contributed by atoms with Crippen LogP contribution in [0.25, 0.3) is 11.4 Å². The summed E-state index contributed by atoms with van der Waals surface area (Å²) < 4.78 is 44.4. The molecule has 0 amide bonds. The van der Waals surface area contributed by atoms with Gasteiger partial charge in [-0.2, -0.15) is 4.98 Å². The van der Waals surface area contributed by atoms with E-state index in [-0.39, 0.29) is 17.3 Å². The molecule has 0 bridgehead atoms. The van der Waals surface area contributed by atoms with Crippen LogP contribution in [-0.2, 0) is 0 Å². The second-order valence-electron chi connectivity index (χ2n) is 4.73. The normalized spacial score (nSPS) is 16.6. The summed E-state index contributed by atoms with van der Waals surface area (Å²) in [7, 11) is 0. The second kappa shape index (κ2) is 5.24. The van der Waals surface area contributed by atoms with Gasteiger partial charge in [0.25, 0.3) is 0 Å². The van der Waals surface area contributed by atoms with E-state index in [4.69, 9.17) is 4.52 Å². The highest BCUT2D eigenvalue weighted by atomic mass is 19.2. The molecular formula is C13H12F3N3O. The first-order valence-corrected chi connectivity index (χ1v) is 6.34. The lowest BCUT2D eigenvalue weighted by atomic mass is 9.98. The van der Waals surface area contributed by atoms with E-state index in [1.165, 1.54) is 0 Å². The number of aromatic nitrogens is 2. The minimum atomic E-state index is -1.50.